The molecule has 0 aliphatic carbocycles. The molecule has 1 aromatic rings. The Kier molecular flexibility index (Phi) is 3.40. The monoisotopic (exact) mass is 216 g/mol. The van der Waals surface area contributed by atoms with Crippen LogP contribution < -0.4 is 0 Å². The molecular formula is C8H12N2O3S. The summed E-state index contributed by atoms with van der Waals surface area (Å²) in [6, 6.07) is 1.73. The molecule has 0 spiro atoms. The van der Waals surface area contributed by atoms with E-state index in [2.05, 4.69) is 5.10 Å². The van der Waals surface area contributed by atoms with Gasteiger partial charge < -0.3 is 5.11 Å². The number of aromatic nitrogens is 2. The van der Waals surface area contributed by atoms with Crippen molar-refractivity contribution >= 4 is 16.8 Å². The second kappa shape index (κ2) is 4.36. The van der Waals surface area contributed by atoms with Crippen molar-refractivity contribution in [1.82, 2.24) is 9.78 Å². The maximum atomic E-state index is 11.4. The van der Waals surface area contributed by atoms with Gasteiger partial charge in [0.15, 0.2) is 0 Å². The van der Waals surface area contributed by atoms with E-state index >= 15 is 0 Å². The van der Waals surface area contributed by atoms with Gasteiger partial charge in [-0.25, -0.2) is 0 Å². The maximum absolute atomic E-state index is 11.4. The smallest absolute Gasteiger partial charge is 0.318 e. The first-order valence-electron chi connectivity index (χ1n) is 4.09. The molecule has 0 amide bonds. The van der Waals surface area contributed by atoms with Crippen molar-refractivity contribution in [1.29, 1.82) is 0 Å². The second-order valence-corrected chi connectivity index (χ2v) is 4.74. The molecule has 0 aliphatic heterocycles. The van der Waals surface area contributed by atoms with E-state index in [9.17, 15) is 9.00 Å². The molecule has 1 N–H and O–H groups in total. The largest absolute Gasteiger partial charge is 0.480 e. The molecule has 0 aromatic carbocycles. The van der Waals surface area contributed by atoms with E-state index in [1.165, 1.54) is 6.92 Å². The van der Waals surface area contributed by atoms with Gasteiger partial charge in [0.2, 0.25) is 0 Å². The summed E-state index contributed by atoms with van der Waals surface area (Å²) in [6.45, 7) is 1.43. The van der Waals surface area contributed by atoms with Crippen molar-refractivity contribution < 1.29 is 14.1 Å². The Labute approximate surface area is 84.2 Å². The number of carboxylic acid groups (broad SMARTS) is 1. The van der Waals surface area contributed by atoms with Crippen molar-refractivity contribution in [2.45, 2.75) is 17.9 Å². The van der Waals surface area contributed by atoms with Gasteiger partial charge in [0, 0.05) is 24.0 Å². The van der Waals surface area contributed by atoms with Gasteiger partial charge in [0.05, 0.1) is 11.4 Å². The molecule has 0 radical (unpaired) electrons. The summed E-state index contributed by atoms with van der Waals surface area (Å²) in [5.74, 6) is -0.854. The molecule has 5 nitrogen and oxygen atoms in total. The molecule has 0 fully saturated rings. The van der Waals surface area contributed by atoms with Crippen LogP contribution in [0.4, 0.5) is 0 Å². The molecule has 1 aromatic heterocycles. The highest BCUT2D eigenvalue weighted by atomic mass is 32.2. The minimum Gasteiger partial charge on any atom is -0.480 e. The van der Waals surface area contributed by atoms with E-state index in [-0.39, 0.29) is 5.75 Å². The zero-order valence-electron chi connectivity index (χ0n) is 8.01. The molecule has 14 heavy (non-hydrogen) atoms. The van der Waals surface area contributed by atoms with E-state index in [0.29, 0.717) is 5.69 Å². The van der Waals surface area contributed by atoms with Crippen LogP contribution in [0.5, 0.6) is 0 Å². The van der Waals surface area contributed by atoms with Gasteiger partial charge in [-0.2, -0.15) is 5.10 Å². The van der Waals surface area contributed by atoms with Crippen LogP contribution in [-0.4, -0.2) is 30.3 Å². The Morgan fingerprint density at radius 1 is 1.79 bits per heavy atom. The van der Waals surface area contributed by atoms with Crippen LogP contribution in [0.2, 0.25) is 0 Å². The molecule has 0 saturated heterocycles. The number of rotatable bonds is 4. The molecule has 2 atom stereocenters. The van der Waals surface area contributed by atoms with Crippen LogP contribution in [0.25, 0.3) is 0 Å². The SMILES string of the molecule is CC(C(=O)O)S(=O)Cc1ccn(C)n1. The third-order valence-corrected chi connectivity index (χ3v) is 3.37. The molecule has 0 saturated carbocycles. The predicted molar refractivity (Wildman–Crippen MR) is 52.2 cm³/mol. The van der Waals surface area contributed by atoms with Crippen LogP contribution in [0.15, 0.2) is 12.3 Å². The second-order valence-electron chi connectivity index (χ2n) is 2.99. The summed E-state index contributed by atoms with van der Waals surface area (Å²) in [5.41, 5.74) is 0.652. The molecule has 0 bridgehead atoms. The van der Waals surface area contributed by atoms with Crippen molar-refractivity contribution in [2.24, 2.45) is 7.05 Å². The van der Waals surface area contributed by atoms with Gasteiger partial charge in [-0.05, 0) is 13.0 Å². The molecule has 1 rings (SSSR count). The molecule has 2 unspecified atom stereocenters. The van der Waals surface area contributed by atoms with Crippen LogP contribution in [0.1, 0.15) is 12.6 Å². The molecule has 0 aliphatic rings. The Hall–Kier alpha value is -1.17. The Bertz CT molecular complexity index is 361. The normalized spacial score (nSPS) is 15.0. The number of hydrogen-bond acceptors (Lipinski definition) is 3. The zero-order chi connectivity index (χ0) is 10.7. The van der Waals surface area contributed by atoms with Crippen molar-refractivity contribution in [2.75, 3.05) is 0 Å². The van der Waals surface area contributed by atoms with Crippen LogP contribution in [-0.2, 0) is 28.4 Å². The summed E-state index contributed by atoms with van der Waals surface area (Å²) < 4.78 is 13.0. The lowest BCUT2D eigenvalue weighted by Gasteiger charge is -2.03. The Balaban J connectivity index is 2.61. The first kappa shape index (κ1) is 10.9. The fourth-order valence-electron chi connectivity index (χ4n) is 0.923. The Morgan fingerprint density at radius 2 is 2.43 bits per heavy atom. The summed E-state index contributed by atoms with van der Waals surface area (Å²) in [5, 5.41) is 11.8. The Morgan fingerprint density at radius 3 is 2.86 bits per heavy atom. The molecule has 6 heteroatoms. The van der Waals surface area contributed by atoms with Crippen LogP contribution in [0.3, 0.4) is 0 Å². The number of aliphatic carboxylic acids is 1. The minimum atomic E-state index is -1.41. The number of carbonyl (C=O) groups is 1. The topological polar surface area (TPSA) is 72.2 Å². The summed E-state index contributed by atoms with van der Waals surface area (Å²) in [6.07, 6.45) is 1.73. The number of aryl methyl sites for hydroxylation is 1. The first-order valence-corrected chi connectivity index (χ1v) is 5.47. The fourth-order valence-corrected chi connectivity index (χ4v) is 1.84. The lowest BCUT2D eigenvalue weighted by Crippen LogP contribution is -2.23. The third-order valence-electron chi connectivity index (χ3n) is 1.80. The van der Waals surface area contributed by atoms with E-state index < -0.39 is 22.0 Å². The summed E-state index contributed by atoms with van der Waals surface area (Å²) >= 11 is 0. The van der Waals surface area contributed by atoms with E-state index in [1.54, 1.807) is 24.0 Å². The fraction of sp³-hybridized carbons (Fsp3) is 0.500. The van der Waals surface area contributed by atoms with Crippen molar-refractivity contribution in [3.05, 3.63) is 18.0 Å². The lowest BCUT2D eigenvalue weighted by atomic mass is 10.5. The number of nitrogens with zero attached hydrogens (tertiary/aromatic N) is 2. The lowest BCUT2D eigenvalue weighted by molar-refractivity contribution is -0.136. The van der Waals surface area contributed by atoms with Gasteiger partial charge >= 0.3 is 5.97 Å². The average Bonchev–Trinajstić information content (AvgIpc) is 2.49. The molecule has 78 valence electrons. The van der Waals surface area contributed by atoms with Crippen molar-refractivity contribution in [3.63, 3.8) is 0 Å². The van der Waals surface area contributed by atoms with E-state index in [0.717, 1.165) is 0 Å². The van der Waals surface area contributed by atoms with Gasteiger partial charge in [-0.3, -0.25) is 13.7 Å². The maximum Gasteiger partial charge on any atom is 0.318 e. The number of hydrogen-bond donors (Lipinski definition) is 1. The van der Waals surface area contributed by atoms with Gasteiger partial charge in [0.1, 0.15) is 5.25 Å². The molecule has 1 heterocycles. The van der Waals surface area contributed by atoms with Gasteiger partial charge in [-0.15, -0.1) is 0 Å². The van der Waals surface area contributed by atoms with Crippen LogP contribution >= 0.6 is 0 Å². The first-order chi connectivity index (χ1) is 6.50. The van der Waals surface area contributed by atoms with Gasteiger partial charge in [0.25, 0.3) is 0 Å². The van der Waals surface area contributed by atoms with E-state index in [4.69, 9.17) is 5.11 Å². The summed E-state index contributed by atoms with van der Waals surface area (Å²) in [4.78, 5) is 10.5. The third kappa shape index (κ3) is 2.66. The average molecular weight is 216 g/mol. The predicted octanol–water partition coefficient (Wildman–Crippen LogP) is 0.142. The number of carboxylic acids is 1. The van der Waals surface area contributed by atoms with Crippen LogP contribution in [0, 0.1) is 0 Å². The standard InChI is InChI=1S/C8H12N2O3S/c1-6(8(11)12)14(13)5-7-3-4-10(2)9-7/h3-4,6H,5H2,1-2H3,(H,11,12). The highest BCUT2D eigenvalue weighted by molar-refractivity contribution is 7.85. The zero-order valence-corrected chi connectivity index (χ0v) is 8.82. The van der Waals surface area contributed by atoms with Crippen molar-refractivity contribution in [3.8, 4) is 0 Å². The minimum absolute atomic E-state index is 0.189. The summed E-state index contributed by atoms with van der Waals surface area (Å²) in [7, 11) is 0.349. The quantitative estimate of drug-likeness (QED) is 0.777. The molecular weight excluding hydrogens is 204 g/mol. The highest BCUT2D eigenvalue weighted by Gasteiger charge is 2.19. The highest BCUT2D eigenvalue weighted by Crippen LogP contribution is 2.04. The van der Waals surface area contributed by atoms with Gasteiger partial charge in [-0.1, -0.05) is 0 Å². The van der Waals surface area contributed by atoms with E-state index in [1.807, 2.05) is 0 Å².